The molecule has 0 saturated heterocycles. The fraction of sp³-hybridized carbons (Fsp3) is 0.941. The Morgan fingerprint density at radius 3 is 0.959 bits per heavy atom. The van der Waals surface area contributed by atoms with Gasteiger partial charge in [0, 0.05) is 12.8 Å². The Bertz CT molecular complexity index is 1110. The molecule has 0 aliphatic heterocycles. The second-order valence-electron chi connectivity index (χ2n) is 23.5. The molecule has 2 atom stereocenters. The highest BCUT2D eigenvalue weighted by Gasteiger charge is 2.20. The van der Waals surface area contributed by atoms with Crippen molar-refractivity contribution < 1.29 is 24.5 Å². The summed E-state index contributed by atoms with van der Waals surface area (Å²) in [4.78, 5) is 24.5. The number of rotatable bonds is 64. The molecule has 3 N–H and O–H groups in total. The van der Waals surface area contributed by atoms with Gasteiger partial charge in [0.2, 0.25) is 5.91 Å². The lowest BCUT2D eigenvalue weighted by Crippen LogP contribution is -2.45. The van der Waals surface area contributed by atoms with E-state index >= 15 is 0 Å². The van der Waals surface area contributed by atoms with Crippen LogP contribution in [-0.4, -0.2) is 47.4 Å². The summed E-state index contributed by atoms with van der Waals surface area (Å²) in [6.07, 6.45) is 78.4. The van der Waals surface area contributed by atoms with Gasteiger partial charge in [0.1, 0.15) is 0 Å². The number of nitrogens with one attached hydrogen (secondary N) is 1. The Hall–Kier alpha value is -1.40. The molecule has 0 bridgehead atoms. The minimum Gasteiger partial charge on any atom is -0.466 e. The number of carbonyl (C=O) groups is 2. The normalized spacial score (nSPS) is 12.5. The van der Waals surface area contributed by atoms with Gasteiger partial charge in [-0.15, -0.1) is 0 Å². The van der Waals surface area contributed by atoms with Crippen LogP contribution in [0.15, 0.2) is 12.2 Å². The van der Waals surface area contributed by atoms with Gasteiger partial charge in [-0.2, -0.15) is 0 Å². The van der Waals surface area contributed by atoms with E-state index in [1.54, 1.807) is 0 Å². The molecule has 0 heterocycles. The largest absolute Gasteiger partial charge is 0.466 e. The van der Waals surface area contributed by atoms with Crippen LogP contribution in [0.1, 0.15) is 386 Å². The maximum absolute atomic E-state index is 12.4. The second kappa shape index (κ2) is 64.1. The van der Waals surface area contributed by atoms with Gasteiger partial charge in [-0.05, 0) is 51.4 Å². The Morgan fingerprint density at radius 2 is 0.635 bits per heavy atom. The highest BCUT2D eigenvalue weighted by atomic mass is 16.5. The van der Waals surface area contributed by atoms with E-state index in [0.29, 0.717) is 25.9 Å². The maximum Gasteiger partial charge on any atom is 0.305 e. The minimum absolute atomic E-state index is 0.0139. The Morgan fingerprint density at radius 1 is 0.365 bits per heavy atom. The summed E-state index contributed by atoms with van der Waals surface area (Å²) in [6.45, 7) is 4.96. The predicted molar refractivity (Wildman–Crippen MR) is 324 cm³/mol. The van der Waals surface area contributed by atoms with Gasteiger partial charge in [-0.25, -0.2) is 0 Å². The van der Waals surface area contributed by atoms with Gasteiger partial charge < -0.3 is 20.3 Å². The van der Waals surface area contributed by atoms with Crippen LogP contribution < -0.4 is 5.32 Å². The lowest BCUT2D eigenvalue weighted by Gasteiger charge is -2.22. The molecule has 6 nitrogen and oxygen atoms in total. The molecule has 0 aromatic carbocycles. The van der Waals surface area contributed by atoms with E-state index in [9.17, 15) is 19.8 Å². The molecule has 2 unspecified atom stereocenters. The van der Waals surface area contributed by atoms with E-state index < -0.39 is 12.1 Å². The van der Waals surface area contributed by atoms with Crippen LogP contribution in [-0.2, 0) is 14.3 Å². The third-order valence-corrected chi connectivity index (χ3v) is 16.1. The minimum atomic E-state index is -0.658. The molecule has 6 heteroatoms. The third-order valence-electron chi connectivity index (χ3n) is 16.1. The van der Waals surface area contributed by atoms with Gasteiger partial charge >= 0.3 is 5.97 Å². The fourth-order valence-corrected chi connectivity index (χ4v) is 10.9. The van der Waals surface area contributed by atoms with Gasteiger partial charge in [0.25, 0.3) is 0 Å². The molecule has 0 spiro atoms. The number of carbonyl (C=O) groups excluding carboxylic acids is 2. The molecule has 74 heavy (non-hydrogen) atoms. The highest BCUT2D eigenvalue weighted by molar-refractivity contribution is 5.76. The molecule has 0 radical (unpaired) electrons. The first kappa shape index (κ1) is 72.6. The van der Waals surface area contributed by atoms with E-state index in [1.807, 2.05) is 0 Å². The zero-order valence-corrected chi connectivity index (χ0v) is 50.4. The van der Waals surface area contributed by atoms with Gasteiger partial charge in [0.05, 0.1) is 25.4 Å². The smallest absolute Gasteiger partial charge is 0.305 e. The van der Waals surface area contributed by atoms with Crippen molar-refractivity contribution in [3.63, 3.8) is 0 Å². The third kappa shape index (κ3) is 59.8. The molecule has 0 aliphatic rings. The van der Waals surface area contributed by atoms with Crippen molar-refractivity contribution in [3.05, 3.63) is 12.2 Å². The van der Waals surface area contributed by atoms with Crippen molar-refractivity contribution in [1.82, 2.24) is 5.32 Å². The highest BCUT2D eigenvalue weighted by Crippen LogP contribution is 2.19. The number of aliphatic hydroxyl groups excluding tert-OH is 2. The zero-order valence-electron chi connectivity index (χ0n) is 50.4. The van der Waals surface area contributed by atoms with Crippen LogP contribution in [0.5, 0.6) is 0 Å². The van der Waals surface area contributed by atoms with Crippen molar-refractivity contribution in [2.24, 2.45) is 0 Å². The summed E-state index contributed by atoms with van der Waals surface area (Å²) < 4.78 is 5.49. The predicted octanol–water partition coefficient (Wildman–Crippen LogP) is 21.6. The summed E-state index contributed by atoms with van der Waals surface area (Å²) in [5.74, 6) is -0.0162. The van der Waals surface area contributed by atoms with Gasteiger partial charge in [-0.3, -0.25) is 9.59 Å². The number of ether oxygens (including phenoxy) is 1. The average Bonchev–Trinajstić information content (AvgIpc) is 3.40. The van der Waals surface area contributed by atoms with Crippen LogP contribution >= 0.6 is 0 Å². The van der Waals surface area contributed by atoms with Crippen LogP contribution in [0.2, 0.25) is 0 Å². The summed E-state index contributed by atoms with van der Waals surface area (Å²) in [5.41, 5.74) is 0. The number of hydrogen-bond acceptors (Lipinski definition) is 5. The molecular weight excluding hydrogens is 911 g/mol. The van der Waals surface area contributed by atoms with E-state index in [-0.39, 0.29) is 18.5 Å². The first-order valence-electron chi connectivity index (χ1n) is 33.9. The molecule has 0 fully saturated rings. The summed E-state index contributed by atoms with van der Waals surface area (Å²) in [5, 5.41) is 23.2. The van der Waals surface area contributed by atoms with Gasteiger partial charge in [0.15, 0.2) is 0 Å². The monoisotopic (exact) mass is 1040 g/mol. The fourth-order valence-electron chi connectivity index (χ4n) is 10.9. The zero-order chi connectivity index (χ0) is 53.6. The van der Waals surface area contributed by atoms with Crippen LogP contribution in [0.25, 0.3) is 0 Å². The Kier molecular flexibility index (Phi) is 62.9. The number of unbranched alkanes of at least 4 members (excludes halogenated alkanes) is 51. The molecule has 440 valence electrons. The van der Waals surface area contributed by atoms with Crippen molar-refractivity contribution in [2.45, 2.75) is 398 Å². The Labute approximate surface area is 463 Å². The van der Waals surface area contributed by atoms with Crippen LogP contribution in [0.3, 0.4) is 0 Å². The van der Waals surface area contributed by atoms with E-state index in [1.165, 1.54) is 308 Å². The van der Waals surface area contributed by atoms with Crippen LogP contribution in [0.4, 0.5) is 0 Å². The average molecular weight is 1040 g/mol. The maximum atomic E-state index is 12.4. The summed E-state index contributed by atoms with van der Waals surface area (Å²) >= 11 is 0. The summed E-state index contributed by atoms with van der Waals surface area (Å²) in [7, 11) is 0. The quantitative estimate of drug-likeness (QED) is 0.0320. The van der Waals surface area contributed by atoms with E-state index in [4.69, 9.17) is 4.74 Å². The van der Waals surface area contributed by atoms with E-state index in [2.05, 4.69) is 31.3 Å². The molecule has 0 aromatic rings. The van der Waals surface area contributed by atoms with Crippen molar-refractivity contribution >= 4 is 11.9 Å². The number of allylic oxidation sites excluding steroid dienone is 2. The molecule has 0 rings (SSSR count). The van der Waals surface area contributed by atoms with Crippen molar-refractivity contribution in [1.29, 1.82) is 0 Å². The molecule has 0 saturated carbocycles. The lowest BCUT2D eigenvalue weighted by molar-refractivity contribution is -0.143. The molecule has 1 amide bonds. The topological polar surface area (TPSA) is 95.9 Å². The Balaban J connectivity index is 3.28. The summed E-state index contributed by atoms with van der Waals surface area (Å²) in [6, 6.07) is -0.535. The lowest BCUT2D eigenvalue weighted by atomic mass is 10.0. The molecular formula is C68H133NO5. The second-order valence-corrected chi connectivity index (χ2v) is 23.5. The first-order chi connectivity index (χ1) is 36.5. The van der Waals surface area contributed by atoms with Crippen molar-refractivity contribution in [2.75, 3.05) is 13.2 Å². The number of hydrogen-bond donors (Lipinski definition) is 3. The van der Waals surface area contributed by atoms with Crippen molar-refractivity contribution in [3.8, 4) is 0 Å². The van der Waals surface area contributed by atoms with Gasteiger partial charge in [-0.1, -0.05) is 334 Å². The van der Waals surface area contributed by atoms with E-state index in [0.717, 1.165) is 44.9 Å². The molecule has 0 aliphatic carbocycles. The standard InChI is InChI=1S/C68H133NO5/c1-3-5-7-9-11-13-15-16-35-39-42-46-50-54-58-62-68(73)74-63-59-55-51-47-43-40-37-34-32-30-28-26-24-22-20-18-17-19-21-23-25-27-29-31-33-36-38-41-45-49-53-57-61-67(72)69-65(64-70)66(71)60-56-52-48-44-14-12-10-8-6-4-2/h16,35,65-66,70-71H,3-15,17-34,36-64H2,1-2H3,(H,69,72)/b35-16-. The number of esters is 1. The number of amides is 1. The number of aliphatic hydroxyl groups is 2. The SMILES string of the molecule is CCCCCCCC/C=C\CCCCCCCC(=O)OCCCCCCCCCCCCCCCCCCCCCCCCCCCCCCCCCCC(=O)NC(CO)C(O)CCCCCCCCCCCC. The first-order valence-corrected chi connectivity index (χ1v) is 33.9. The molecule has 0 aromatic heterocycles. The van der Waals surface area contributed by atoms with Crippen LogP contribution in [0, 0.1) is 0 Å².